The predicted molar refractivity (Wildman–Crippen MR) is 171 cm³/mol. The van der Waals surface area contributed by atoms with Gasteiger partial charge in [0.2, 0.25) is 17.6 Å². The van der Waals surface area contributed by atoms with E-state index in [1.165, 1.54) is 19.4 Å². The van der Waals surface area contributed by atoms with Gasteiger partial charge < -0.3 is 29.5 Å². The number of nitro groups is 1. The lowest BCUT2D eigenvalue weighted by Crippen LogP contribution is -2.37. The zero-order valence-corrected chi connectivity index (χ0v) is 27.1. The number of methoxy groups -OCH3 is 1. The van der Waals surface area contributed by atoms with Crippen LogP contribution in [-0.4, -0.2) is 88.7 Å². The van der Waals surface area contributed by atoms with Crippen molar-refractivity contribution in [1.29, 1.82) is 0 Å². The van der Waals surface area contributed by atoms with E-state index < -0.39 is 10.9 Å². The summed E-state index contributed by atoms with van der Waals surface area (Å²) in [5, 5.41) is 15.3. The molecule has 0 radical (unpaired) electrons. The van der Waals surface area contributed by atoms with Gasteiger partial charge in [-0.15, -0.1) is 0 Å². The van der Waals surface area contributed by atoms with E-state index in [1.807, 2.05) is 24.0 Å². The number of aryl methyl sites for hydroxylation is 1. The summed E-state index contributed by atoms with van der Waals surface area (Å²) in [6, 6.07) is 5.53. The smallest absolute Gasteiger partial charge is 0.343 e. The molecule has 0 spiro atoms. The molecule has 240 valence electrons. The first-order valence-electron chi connectivity index (χ1n) is 15.0. The third kappa shape index (κ3) is 6.46. The van der Waals surface area contributed by atoms with Crippen LogP contribution in [0.3, 0.4) is 0 Å². The third-order valence-corrected chi connectivity index (χ3v) is 8.19. The maximum atomic E-state index is 13.2. The largest absolute Gasteiger partial charge is 0.479 e. The number of hydrogen-bond donors (Lipinski definition) is 1. The SMILES string of the molecule is COc1nc(N(C)C[C@@H]2CCCN2C)c([N+](=O)[O-])cc1Nc1ncc(C(=O)OC(C)C)c(N2CC(C)(C)c3nc(C)ccc32)n1. The van der Waals surface area contributed by atoms with Crippen molar-refractivity contribution >= 4 is 40.6 Å². The summed E-state index contributed by atoms with van der Waals surface area (Å²) in [7, 11) is 5.30. The van der Waals surface area contributed by atoms with E-state index in [0.717, 1.165) is 36.5 Å². The van der Waals surface area contributed by atoms with Crippen LogP contribution in [0.1, 0.15) is 62.3 Å². The summed E-state index contributed by atoms with van der Waals surface area (Å²) in [4.78, 5) is 49.4. The molecule has 0 bridgehead atoms. The average Bonchev–Trinajstić information content (AvgIpc) is 3.50. The number of aromatic nitrogens is 4. The molecule has 5 rings (SSSR count). The summed E-state index contributed by atoms with van der Waals surface area (Å²) in [6.07, 6.45) is 3.15. The fourth-order valence-corrected chi connectivity index (χ4v) is 5.94. The van der Waals surface area contributed by atoms with E-state index in [9.17, 15) is 14.9 Å². The quantitative estimate of drug-likeness (QED) is 0.189. The van der Waals surface area contributed by atoms with E-state index in [4.69, 9.17) is 19.4 Å². The fourth-order valence-electron chi connectivity index (χ4n) is 5.94. The third-order valence-electron chi connectivity index (χ3n) is 8.19. The molecule has 0 aliphatic carbocycles. The molecular weight excluding hydrogens is 578 g/mol. The number of likely N-dealkylation sites (tertiary alicyclic amines) is 1. The van der Waals surface area contributed by atoms with Crippen molar-refractivity contribution in [2.45, 2.75) is 65.0 Å². The van der Waals surface area contributed by atoms with Gasteiger partial charge in [-0.25, -0.2) is 9.78 Å². The second kappa shape index (κ2) is 12.4. The topological polar surface area (TPSA) is 152 Å². The van der Waals surface area contributed by atoms with Crippen LogP contribution in [0.15, 0.2) is 24.4 Å². The highest BCUT2D eigenvalue weighted by Crippen LogP contribution is 2.44. The molecule has 1 atom stereocenters. The number of rotatable bonds is 10. The Hall–Kier alpha value is -4.59. The van der Waals surface area contributed by atoms with E-state index in [-0.39, 0.29) is 52.1 Å². The predicted octanol–water partition coefficient (Wildman–Crippen LogP) is 4.76. The minimum atomic E-state index is -0.562. The summed E-state index contributed by atoms with van der Waals surface area (Å²) in [5.74, 6) is 0.209. The van der Waals surface area contributed by atoms with E-state index >= 15 is 0 Å². The molecular formula is C31H41N9O5. The number of pyridine rings is 2. The molecule has 2 aliphatic heterocycles. The number of likely N-dealkylation sites (N-methyl/N-ethyl adjacent to an activating group) is 2. The number of carbonyl (C=O) groups is 1. The fraction of sp³-hybridized carbons (Fsp3) is 0.516. The number of nitrogens with one attached hydrogen (secondary N) is 1. The minimum Gasteiger partial charge on any atom is -0.479 e. The normalized spacial score (nSPS) is 17.4. The Morgan fingerprint density at radius 2 is 2.02 bits per heavy atom. The summed E-state index contributed by atoms with van der Waals surface area (Å²) in [5.41, 5.74) is 2.48. The Morgan fingerprint density at radius 3 is 2.67 bits per heavy atom. The standard InChI is InChI=1S/C31H41N9O5/c1-18(2)45-29(41)21-15-32-30(36-26(21)39-17-31(4,5)25-23(39)12-11-19(3)33-25)34-22-14-24(40(42)43)27(35-28(22)44-8)38(7)16-20-10-9-13-37(20)6/h11-12,14-15,18,20H,9-10,13,16-17H2,1-8H3,(H,32,34,36)/t20-/m0/s1. The lowest BCUT2D eigenvalue weighted by atomic mass is 9.91. The van der Waals surface area contributed by atoms with E-state index in [1.54, 1.807) is 25.8 Å². The summed E-state index contributed by atoms with van der Waals surface area (Å²) < 4.78 is 11.1. The maximum Gasteiger partial charge on any atom is 0.343 e. The monoisotopic (exact) mass is 619 g/mol. The van der Waals surface area contributed by atoms with Gasteiger partial charge in [0, 0.05) is 49.6 Å². The van der Waals surface area contributed by atoms with Crippen molar-refractivity contribution in [2.75, 3.05) is 56.0 Å². The average molecular weight is 620 g/mol. The zero-order valence-electron chi connectivity index (χ0n) is 27.1. The van der Waals surface area contributed by atoms with Crippen LogP contribution >= 0.6 is 0 Å². The Kier molecular flexibility index (Phi) is 8.79. The number of anilines is 5. The Morgan fingerprint density at radius 1 is 1.27 bits per heavy atom. The van der Waals surface area contributed by atoms with Gasteiger partial charge in [0.05, 0.1) is 29.5 Å². The van der Waals surface area contributed by atoms with Crippen LogP contribution in [0, 0.1) is 17.0 Å². The highest BCUT2D eigenvalue weighted by molar-refractivity contribution is 5.96. The molecule has 0 unspecified atom stereocenters. The molecule has 1 saturated heterocycles. The summed E-state index contributed by atoms with van der Waals surface area (Å²) >= 11 is 0. The zero-order chi connectivity index (χ0) is 32.6. The number of carbonyl (C=O) groups excluding carboxylic acids is 1. The van der Waals surface area contributed by atoms with Crippen molar-refractivity contribution in [1.82, 2.24) is 24.8 Å². The molecule has 0 saturated carbocycles. The number of esters is 1. The first-order valence-corrected chi connectivity index (χ1v) is 15.0. The van der Waals surface area contributed by atoms with Crippen molar-refractivity contribution in [3.63, 3.8) is 0 Å². The minimum absolute atomic E-state index is 0.0977. The number of ether oxygens (including phenoxy) is 2. The van der Waals surface area contributed by atoms with Crippen molar-refractivity contribution in [2.24, 2.45) is 0 Å². The molecule has 1 N–H and O–H groups in total. The summed E-state index contributed by atoms with van der Waals surface area (Å²) in [6.45, 7) is 11.7. The van der Waals surface area contributed by atoms with Crippen LogP contribution in [-0.2, 0) is 10.2 Å². The number of nitrogens with zero attached hydrogens (tertiary/aromatic N) is 8. The Labute approximate surface area is 262 Å². The lowest BCUT2D eigenvalue weighted by molar-refractivity contribution is -0.384. The second-order valence-corrected chi connectivity index (χ2v) is 12.6. The second-order valence-electron chi connectivity index (χ2n) is 12.6. The molecule has 3 aromatic rings. The molecule has 45 heavy (non-hydrogen) atoms. The van der Waals surface area contributed by atoms with Gasteiger partial charge in [-0.05, 0) is 59.3 Å². The van der Waals surface area contributed by atoms with Crippen LogP contribution in [0.25, 0.3) is 0 Å². The number of fused-ring (bicyclic) bond motifs is 1. The van der Waals surface area contributed by atoms with Crippen LogP contribution in [0.2, 0.25) is 0 Å². The molecule has 1 fully saturated rings. The molecule has 5 heterocycles. The van der Waals surface area contributed by atoms with Gasteiger partial charge >= 0.3 is 11.7 Å². The van der Waals surface area contributed by atoms with Gasteiger partial charge in [-0.3, -0.25) is 15.1 Å². The molecule has 0 amide bonds. The Bertz CT molecular complexity index is 1610. The van der Waals surface area contributed by atoms with Crippen molar-refractivity contribution < 1.29 is 19.2 Å². The molecule has 3 aromatic heterocycles. The van der Waals surface area contributed by atoms with Crippen LogP contribution < -0.4 is 19.9 Å². The van der Waals surface area contributed by atoms with Crippen LogP contribution in [0.5, 0.6) is 5.88 Å². The highest BCUT2D eigenvalue weighted by atomic mass is 16.6. The maximum absolute atomic E-state index is 13.2. The lowest BCUT2D eigenvalue weighted by Gasteiger charge is -2.26. The van der Waals surface area contributed by atoms with Crippen molar-refractivity contribution in [3.8, 4) is 5.88 Å². The Balaban J connectivity index is 1.54. The first-order chi connectivity index (χ1) is 21.3. The van der Waals surface area contributed by atoms with Crippen molar-refractivity contribution in [3.05, 3.63) is 51.5 Å². The van der Waals surface area contributed by atoms with E-state index in [0.29, 0.717) is 18.9 Å². The molecule has 0 aromatic carbocycles. The van der Waals surface area contributed by atoms with Gasteiger partial charge in [0.15, 0.2) is 5.82 Å². The van der Waals surface area contributed by atoms with E-state index in [2.05, 4.69) is 41.1 Å². The molecule has 2 aliphatic rings. The van der Waals surface area contributed by atoms with Gasteiger partial charge in [0.25, 0.3) is 0 Å². The number of hydrogen-bond acceptors (Lipinski definition) is 13. The highest BCUT2D eigenvalue weighted by Gasteiger charge is 2.40. The molecule has 14 heteroatoms. The first kappa shape index (κ1) is 31.8. The van der Waals surface area contributed by atoms with Crippen LogP contribution in [0.4, 0.5) is 34.6 Å². The van der Waals surface area contributed by atoms with Gasteiger partial charge in [0.1, 0.15) is 11.3 Å². The van der Waals surface area contributed by atoms with Gasteiger partial charge in [-0.1, -0.05) is 13.8 Å². The van der Waals surface area contributed by atoms with Gasteiger partial charge in [-0.2, -0.15) is 9.97 Å². The molecule has 14 nitrogen and oxygen atoms in total.